The number of rotatable bonds is 5. The van der Waals surface area contributed by atoms with E-state index in [1.165, 1.54) is 17.4 Å². The summed E-state index contributed by atoms with van der Waals surface area (Å²) >= 11 is 1.37. The van der Waals surface area contributed by atoms with Crippen molar-refractivity contribution < 1.29 is 23.8 Å². The average Bonchev–Trinajstić information content (AvgIpc) is 3.12. The van der Waals surface area contributed by atoms with Crippen LogP contribution in [0.1, 0.15) is 36.9 Å². The van der Waals surface area contributed by atoms with Gasteiger partial charge < -0.3 is 19.1 Å². The molecule has 1 N–H and O–H groups in total. The zero-order valence-electron chi connectivity index (χ0n) is 18.4. The van der Waals surface area contributed by atoms with E-state index in [-0.39, 0.29) is 12.0 Å². The van der Waals surface area contributed by atoms with Crippen LogP contribution in [-0.2, 0) is 22.5 Å². The third-order valence-electron chi connectivity index (χ3n) is 4.46. The summed E-state index contributed by atoms with van der Waals surface area (Å²) < 4.78 is 16.0. The minimum absolute atomic E-state index is 0.306. The minimum atomic E-state index is -0.540. The second-order valence-electron chi connectivity index (χ2n) is 7.97. The van der Waals surface area contributed by atoms with Gasteiger partial charge in [0.25, 0.3) is 0 Å². The molecular weight excluding hydrogens is 418 g/mol. The number of thiazole rings is 1. The fourth-order valence-electron chi connectivity index (χ4n) is 3.01. The molecule has 0 fully saturated rings. The van der Waals surface area contributed by atoms with Gasteiger partial charge in [-0.1, -0.05) is 11.3 Å². The van der Waals surface area contributed by atoms with E-state index in [1.54, 1.807) is 43.4 Å². The lowest BCUT2D eigenvalue weighted by molar-refractivity contribution is -0.111. The van der Waals surface area contributed by atoms with Gasteiger partial charge >= 0.3 is 6.09 Å². The van der Waals surface area contributed by atoms with Crippen molar-refractivity contribution in [2.45, 2.75) is 39.3 Å². The molecule has 1 aliphatic heterocycles. The van der Waals surface area contributed by atoms with Crippen LogP contribution in [0.25, 0.3) is 6.08 Å². The van der Waals surface area contributed by atoms with Gasteiger partial charge in [0.05, 0.1) is 26.5 Å². The fourth-order valence-corrected chi connectivity index (χ4v) is 4.04. The summed E-state index contributed by atoms with van der Waals surface area (Å²) in [6.07, 6.45) is 3.36. The van der Waals surface area contributed by atoms with Gasteiger partial charge in [0.15, 0.2) is 5.13 Å². The Bertz CT molecular complexity index is 994. The number of hydrogen-bond acceptors (Lipinski definition) is 7. The summed E-state index contributed by atoms with van der Waals surface area (Å²) in [5.41, 5.74) is 1.09. The predicted molar refractivity (Wildman–Crippen MR) is 120 cm³/mol. The van der Waals surface area contributed by atoms with Crippen molar-refractivity contribution in [2.75, 3.05) is 26.1 Å². The van der Waals surface area contributed by atoms with Crippen LogP contribution in [0, 0.1) is 0 Å². The summed E-state index contributed by atoms with van der Waals surface area (Å²) in [7, 11) is 3.15. The number of nitrogens with one attached hydrogen (secondary N) is 1. The average molecular weight is 446 g/mol. The molecule has 0 saturated heterocycles. The largest absolute Gasteiger partial charge is 0.497 e. The zero-order valence-corrected chi connectivity index (χ0v) is 19.2. The molecular formula is C22H27N3O5S. The number of methoxy groups -OCH3 is 2. The molecule has 9 heteroatoms. The molecule has 0 bridgehead atoms. The van der Waals surface area contributed by atoms with E-state index in [1.807, 2.05) is 20.8 Å². The van der Waals surface area contributed by atoms with E-state index < -0.39 is 5.60 Å². The highest BCUT2D eigenvalue weighted by atomic mass is 32.1. The van der Waals surface area contributed by atoms with Crippen molar-refractivity contribution in [3.63, 3.8) is 0 Å². The first kappa shape index (κ1) is 22.6. The topological polar surface area (TPSA) is 90.0 Å². The number of carbonyl (C=O) groups excluding carboxylic acids is 2. The fraction of sp³-hybridized carbons (Fsp3) is 0.409. The highest BCUT2D eigenvalue weighted by Gasteiger charge is 2.28. The molecule has 1 aromatic heterocycles. The highest BCUT2D eigenvalue weighted by molar-refractivity contribution is 7.15. The van der Waals surface area contributed by atoms with Crippen molar-refractivity contribution >= 4 is 34.5 Å². The van der Waals surface area contributed by atoms with Gasteiger partial charge in [-0.2, -0.15) is 0 Å². The molecule has 1 aromatic carbocycles. The molecule has 3 rings (SSSR count). The van der Waals surface area contributed by atoms with Crippen molar-refractivity contribution in [1.29, 1.82) is 0 Å². The lowest BCUT2D eigenvalue weighted by atomic mass is 10.1. The summed E-state index contributed by atoms with van der Waals surface area (Å²) in [5, 5.41) is 3.30. The third-order valence-corrected chi connectivity index (χ3v) is 5.46. The molecule has 166 valence electrons. The van der Waals surface area contributed by atoms with Gasteiger partial charge in [0.2, 0.25) is 5.91 Å². The van der Waals surface area contributed by atoms with Crippen LogP contribution in [0.5, 0.6) is 11.5 Å². The summed E-state index contributed by atoms with van der Waals surface area (Å²) in [4.78, 5) is 31.8. The molecule has 0 spiro atoms. The summed E-state index contributed by atoms with van der Waals surface area (Å²) in [6.45, 7) is 6.49. The van der Waals surface area contributed by atoms with Gasteiger partial charge in [-0.05, 0) is 45.0 Å². The Morgan fingerprint density at radius 1 is 1.23 bits per heavy atom. The molecule has 1 aliphatic rings. The van der Waals surface area contributed by atoms with Gasteiger partial charge in [-0.25, -0.2) is 9.78 Å². The second kappa shape index (κ2) is 9.38. The normalized spacial score (nSPS) is 13.6. The second-order valence-corrected chi connectivity index (χ2v) is 9.05. The number of carbonyl (C=O) groups is 2. The number of anilines is 1. The number of fused-ring (bicyclic) bond motifs is 1. The molecule has 2 amide bonds. The molecule has 31 heavy (non-hydrogen) atoms. The van der Waals surface area contributed by atoms with Crippen LogP contribution < -0.4 is 14.8 Å². The minimum Gasteiger partial charge on any atom is -0.497 e. The van der Waals surface area contributed by atoms with Gasteiger partial charge in [-0.3, -0.25) is 10.1 Å². The van der Waals surface area contributed by atoms with Crippen LogP contribution in [0.3, 0.4) is 0 Å². The van der Waals surface area contributed by atoms with E-state index in [2.05, 4.69) is 10.3 Å². The Morgan fingerprint density at radius 2 is 2.00 bits per heavy atom. The molecule has 0 aliphatic carbocycles. The predicted octanol–water partition coefficient (Wildman–Crippen LogP) is 4.11. The van der Waals surface area contributed by atoms with E-state index >= 15 is 0 Å². The number of ether oxygens (including phenoxy) is 3. The van der Waals surface area contributed by atoms with Crippen LogP contribution in [0.15, 0.2) is 24.3 Å². The first-order chi connectivity index (χ1) is 14.7. The maximum atomic E-state index is 12.4. The number of hydrogen-bond donors (Lipinski definition) is 1. The maximum Gasteiger partial charge on any atom is 0.410 e. The number of amides is 2. The Hall–Kier alpha value is -3.07. The van der Waals surface area contributed by atoms with Crippen LogP contribution in [0.2, 0.25) is 0 Å². The lowest BCUT2D eigenvalue weighted by Gasteiger charge is -2.29. The lowest BCUT2D eigenvalue weighted by Crippen LogP contribution is -2.39. The maximum absolute atomic E-state index is 12.4. The van der Waals surface area contributed by atoms with Crippen molar-refractivity contribution in [2.24, 2.45) is 0 Å². The van der Waals surface area contributed by atoms with E-state index in [0.29, 0.717) is 36.1 Å². The molecule has 8 nitrogen and oxygen atoms in total. The van der Waals surface area contributed by atoms with E-state index in [0.717, 1.165) is 16.1 Å². The van der Waals surface area contributed by atoms with E-state index in [9.17, 15) is 9.59 Å². The number of aromatic nitrogens is 1. The number of benzene rings is 1. The molecule has 0 atom stereocenters. The number of nitrogens with zero attached hydrogens (tertiary/aromatic N) is 2. The first-order valence-electron chi connectivity index (χ1n) is 9.86. The van der Waals surface area contributed by atoms with Crippen LogP contribution in [-0.4, -0.2) is 48.2 Å². The standard InChI is InChI=1S/C22H27N3O5S/c1-22(2,3)30-21(27)25-11-10-16-18(13-25)31-20(23-16)24-19(26)9-6-14-12-15(28-4)7-8-17(14)29-5/h6-9,12H,10-11,13H2,1-5H3,(H,23,24,26). The quantitative estimate of drug-likeness (QED) is 0.697. The molecule has 0 saturated carbocycles. The van der Waals surface area contributed by atoms with Crippen molar-refractivity contribution in [3.05, 3.63) is 40.4 Å². The molecule has 2 heterocycles. The smallest absolute Gasteiger partial charge is 0.410 e. The molecule has 0 unspecified atom stereocenters. The Kier molecular flexibility index (Phi) is 6.84. The molecule has 0 radical (unpaired) electrons. The van der Waals surface area contributed by atoms with Crippen molar-refractivity contribution in [1.82, 2.24) is 9.88 Å². The van der Waals surface area contributed by atoms with Gasteiger partial charge in [0.1, 0.15) is 17.1 Å². The summed E-state index contributed by atoms with van der Waals surface area (Å²) in [5.74, 6) is 1.000. The van der Waals surface area contributed by atoms with E-state index in [4.69, 9.17) is 14.2 Å². The zero-order chi connectivity index (χ0) is 22.6. The summed E-state index contributed by atoms with van der Waals surface area (Å²) in [6, 6.07) is 5.36. The highest BCUT2D eigenvalue weighted by Crippen LogP contribution is 2.29. The molecule has 2 aromatic rings. The monoisotopic (exact) mass is 445 g/mol. The first-order valence-corrected chi connectivity index (χ1v) is 10.7. The Labute approximate surface area is 185 Å². The van der Waals surface area contributed by atoms with Crippen LogP contribution >= 0.6 is 11.3 Å². The van der Waals surface area contributed by atoms with Crippen molar-refractivity contribution in [3.8, 4) is 11.5 Å². The third kappa shape index (κ3) is 5.97. The van der Waals surface area contributed by atoms with Gasteiger partial charge in [-0.15, -0.1) is 0 Å². The van der Waals surface area contributed by atoms with Crippen LogP contribution in [0.4, 0.5) is 9.93 Å². The SMILES string of the molecule is COc1ccc(OC)c(C=CC(=O)Nc2nc3c(s2)CN(C(=O)OC(C)(C)C)CC3)c1. The Balaban J connectivity index is 1.64. The Morgan fingerprint density at radius 3 is 2.68 bits per heavy atom. The van der Waals surface area contributed by atoms with Gasteiger partial charge in [0, 0.05) is 29.5 Å².